The number of pyridine rings is 1. The van der Waals surface area contributed by atoms with Gasteiger partial charge in [-0.25, -0.2) is 8.42 Å². The number of fused-ring (bicyclic) bond motifs is 2. The van der Waals surface area contributed by atoms with E-state index in [0.29, 0.717) is 11.3 Å². The van der Waals surface area contributed by atoms with E-state index in [-0.39, 0.29) is 5.92 Å². The zero-order chi connectivity index (χ0) is 19.2. The van der Waals surface area contributed by atoms with Crippen molar-refractivity contribution in [3.8, 4) is 0 Å². The van der Waals surface area contributed by atoms with E-state index in [4.69, 9.17) is 0 Å². The molecule has 0 amide bonds. The second kappa shape index (κ2) is 6.69. The monoisotopic (exact) mass is 386 g/mol. The molecule has 1 aromatic carbocycles. The molecule has 1 saturated heterocycles. The van der Waals surface area contributed by atoms with Crippen molar-refractivity contribution in [2.45, 2.75) is 36.2 Å². The molecule has 27 heavy (non-hydrogen) atoms. The van der Waals surface area contributed by atoms with Gasteiger partial charge in [0, 0.05) is 18.4 Å². The van der Waals surface area contributed by atoms with Gasteiger partial charge in [-0.15, -0.1) is 0 Å². The smallest absolute Gasteiger partial charge is 0.175 e. The van der Waals surface area contributed by atoms with Gasteiger partial charge in [-0.3, -0.25) is 4.98 Å². The lowest BCUT2D eigenvalue weighted by Gasteiger charge is -2.41. The molecule has 1 N–H and O–H groups in total. The summed E-state index contributed by atoms with van der Waals surface area (Å²) >= 11 is 0. The summed E-state index contributed by atoms with van der Waals surface area (Å²) in [7, 11) is -1.19. The van der Waals surface area contributed by atoms with Crippen LogP contribution in [0.5, 0.6) is 0 Å². The van der Waals surface area contributed by atoms with Crippen molar-refractivity contribution in [2.75, 3.05) is 26.4 Å². The standard InChI is InChI=1S/C21H26N2O3S/c1-23-12-9-17(10-13-23)21(24)19-8-7-18(27(2,25)26)14-16(19)6-5-15-4-3-11-22-20(15)21/h3-4,7-8,11,14,17,24H,5-6,9-10,12-13H2,1-2H3. The number of sulfone groups is 1. The van der Waals surface area contributed by atoms with Crippen LogP contribution < -0.4 is 0 Å². The third-order valence-electron chi connectivity index (χ3n) is 6.14. The second-order valence-electron chi connectivity index (χ2n) is 7.95. The number of hydrogen-bond donors (Lipinski definition) is 1. The third kappa shape index (κ3) is 3.20. The average molecular weight is 387 g/mol. The Bertz CT molecular complexity index is 965. The van der Waals surface area contributed by atoms with Crippen molar-refractivity contribution < 1.29 is 13.5 Å². The highest BCUT2D eigenvalue weighted by molar-refractivity contribution is 7.90. The fourth-order valence-corrected chi connectivity index (χ4v) is 5.27. The second-order valence-corrected chi connectivity index (χ2v) is 9.96. The van der Waals surface area contributed by atoms with Crippen molar-refractivity contribution in [1.82, 2.24) is 9.88 Å². The Hall–Kier alpha value is -1.76. The fourth-order valence-electron chi connectivity index (χ4n) is 4.60. The molecule has 144 valence electrons. The van der Waals surface area contributed by atoms with Crippen LogP contribution in [0.15, 0.2) is 41.4 Å². The number of aromatic nitrogens is 1. The van der Waals surface area contributed by atoms with E-state index < -0.39 is 15.4 Å². The van der Waals surface area contributed by atoms with Crippen LogP contribution >= 0.6 is 0 Å². The molecule has 1 aliphatic heterocycles. The van der Waals surface area contributed by atoms with Crippen LogP contribution in [0.1, 0.15) is 35.2 Å². The SMILES string of the molecule is CN1CCC(C2(O)c3ccc(S(C)(=O)=O)cc3CCc3cccnc32)CC1. The number of aliphatic hydroxyl groups is 1. The average Bonchev–Trinajstić information content (AvgIpc) is 2.77. The molecule has 0 radical (unpaired) electrons. The lowest BCUT2D eigenvalue weighted by atomic mass is 9.72. The predicted octanol–water partition coefficient (Wildman–Crippen LogP) is 2.16. The van der Waals surface area contributed by atoms with Crippen LogP contribution in [0.3, 0.4) is 0 Å². The first-order chi connectivity index (χ1) is 12.8. The Labute approximate surface area is 161 Å². The Kier molecular flexibility index (Phi) is 4.61. The summed E-state index contributed by atoms with van der Waals surface area (Å²) in [6, 6.07) is 9.13. The molecule has 1 atom stereocenters. The van der Waals surface area contributed by atoms with Gasteiger partial charge in [0.25, 0.3) is 0 Å². The number of hydrogen-bond acceptors (Lipinski definition) is 5. The molecule has 2 aromatic rings. The molecule has 0 bridgehead atoms. The molecule has 6 heteroatoms. The van der Waals surface area contributed by atoms with E-state index in [2.05, 4.69) is 16.9 Å². The highest BCUT2D eigenvalue weighted by atomic mass is 32.2. The molecule has 1 aromatic heterocycles. The predicted molar refractivity (Wildman–Crippen MR) is 104 cm³/mol. The van der Waals surface area contributed by atoms with Gasteiger partial charge in [0.15, 0.2) is 9.84 Å². The van der Waals surface area contributed by atoms with Gasteiger partial charge in [-0.1, -0.05) is 12.1 Å². The highest BCUT2D eigenvalue weighted by Gasteiger charge is 2.46. The van der Waals surface area contributed by atoms with E-state index in [1.807, 2.05) is 18.2 Å². The normalized spacial score (nSPS) is 24.1. The minimum absolute atomic E-state index is 0.0586. The van der Waals surface area contributed by atoms with Gasteiger partial charge in [-0.05, 0) is 80.7 Å². The number of likely N-dealkylation sites (tertiary alicyclic amines) is 1. The fraction of sp³-hybridized carbons (Fsp3) is 0.476. The molecule has 0 spiro atoms. The van der Waals surface area contributed by atoms with Crippen LogP contribution in [0.4, 0.5) is 0 Å². The first-order valence-electron chi connectivity index (χ1n) is 9.49. The molecule has 4 rings (SSSR count). The van der Waals surface area contributed by atoms with Gasteiger partial charge in [0.1, 0.15) is 5.60 Å². The Morgan fingerprint density at radius 2 is 1.85 bits per heavy atom. The summed E-state index contributed by atoms with van der Waals surface area (Å²) in [4.78, 5) is 7.21. The van der Waals surface area contributed by atoms with Crippen LogP contribution in [0.2, 0.25) is 0 Å². The number of nitrogens with zero attached hydrogens (tertiary/aromatic N) is 2. The topological polar surface area (TPSA) is 70.5 Å². The van der Waals surface area contributed by atoms with E-state index in [9.17, 15) is 13.5 Å². The number of aryl methyl sites for hydroxylation is 2. The maximum absolute atomic E-state index is 12.1. The van der Waals surface area contributed by atoms with Gasteiger partial charge < -0.3 is 10.0 Å². The van der Waals surface area contributed by atoms with Crippen molar-refractivity contribution in [3.05, 3.63) is 58.9 Å². The minimum atomic E-state index is -3.29. The van der Waals surface area contributed by atoms with Gasteiger partial charge in [0.05, 0.1) is 10.6 Å². The molecule has 1 fully saturated rings. The Morgan fingerprint density at radius 3 is 2.56 bits per heavy atom. The van der Waals surface area contributed by atoms with Crippen molar-refractivity contribution in [1.29, 1.82) is 0 Å². The molecule has 2 heterocycles. The van der Waals surface area contributed by atoms with Crippen LogP contribution in [0, 0.1) is 5.92 Å². The third-order valence-corrected chi connectivity index (χ3v) is 7.25. The first kappa shape index (κ1) is 18.6. The lowest BCUT2D eigenvalue weighted by molar-refractivity contribution is -0.0148. The summed E-state index contributed by atoms with van der Waals surface area (Å²) in [6.45, 7) is 1.87. The Balaban J connectivity index is 1.91. The maximum Gasteiger partial charge on any atom is 0.175 e. The van der Waals surface area contributed by atoms with Crippen molar-refractivity contribution in [2.24, 2.45) is 5.92 Å². The van der Waals surface area contributed by atoms with Crippen molar-refractivity contribution >= 4 is 9.84 Å². The molecular weight excluding hydrogens is 360 g/mol. The van der Waals surface area contributed by atoms with Crippen molar-refractivity contribution in [3.63, 3.8) is 0 Å². The van der Waals surface area contributed by atoms with E-state index in [1.165, 1.54) is 6.26 Å². The van der Waals surface area contributed by atoms with Crippen LogP contribution in [-0.2, 0) is 28.3 Å². The summed E-state index contributed by atoms with van der Waals surface area (Å²) in [6.07, 6.45) is 6.19. The molecular formula is C21H26N2O3S. The minimum Gasteiger partial charge on any atom is -0.378 e. The molecule has 1 aliphatic carbocycles. The van der Waals surface area contributed by atoms with E-state index in [0.717, 1.165) is 54.7 Å². The van der Waals surface area contributed by atoms with Crippen LogP contribution in [0.25, 0.3) is 0 Å². The summed E-state index contributed by atoms with van der Waals surface area (Å²) in [5.41, 5.74) is 2.35. The molecule has 5 nitrogen and oxygen atoms in total. The zero-order valence-corrected chi connectivity index (χ0v) is 16.7. The van der Waals surface area contributed by atoms with Gasteiger partial charge in [-0.2, -0.15) is 0 Å². The first-order valence-corrected chi connectivity index (χ1v) is 11.4. The number of benzene rings is 1. The molecule has 0 saturated carbocycles. The Morgan fingerprint density at radius 1 is 1.15 bits per heavy atom. The zero-order valence-electron chi connectivity index (χ0n) is 15.9. The molecule has 1 unspecified atom stereocenters. The maximum atomic E-state index is 12.1. The summed E-state index contributed by atoms with van der Waals surface area (Å²) < 4.78 is 24.1. The van der Waals surface area contributed by atoms with E-state index >= 15 is 0 Å². The lowest BCUT2D eigenvalue weighted by Crippen LogP contribution is -2.44. The number of piperidine rings is 1. The quantitative estimate of drug-likeness (QED) is 0.857. The van der Waals surface area contributed by atoms with Gasteiger partial charge in [0.2, 0.25) is 0 Å². The highest BCUT2D eigenvalue weighted by Crippen LogP contribution is 2.45. The summed E-state index contributed by atoms with van der Waals surface area (Å²) in [5, 5.41) is 12.1. The largest absolute Gasteiger partial charge is 0.378 e. The summed E-state index contributed by atoms with van der Waals surface area (Å²) in [5.74, 6) is 0.0586. The van der Waals surface area contributed by atoms with Gasteiger partial charge >= 0.3 is 0 Å². The molecule has 2 aliphatic rings. The van der Waals surface area contributed by atoms with E-state index in [1.54, 1.807) is 18.3 Å². The van der Waals surface area contributed by atoms with Crippen LogP contribution in [-0.4, -0.2) is 49.8 Å². The number of rotatable bonds is 2.